The molecule has 0 N–H and O–H groups in total. The van der Waals surface area contributed by atoms with Gasteiger partial charge in [-0.1, -0.05) is 26.2 Å². The summed E-state index contributed by atoms with van der Waals surface area (Å²) in [5.74, 6) is 0.581. The molecule has 3 aliphatic rings. The van der Waals surface area contributed by atoms with E-state index >= 15 is 0 Å². The van der Waals surface area contributed by atoms with Gasteiger partial charge in [-0.2, -0.15) is 11.3 Å². The Morgan fingerprint density at radius 2 is 2.12 bits per heavy atom. The van der Waals surface area contributed by atoms with E-state index in [9.17, 15) is 0 Å². The molecular weight excluding hydrogens is 224 g/mol. The summed E-state index contributed by atoms with van der Waals surface area (Å²) in [4.78, 5) is 0. The van der Waals surface area contributed by atoms with E-state index in [1.165, 1.54) is 43.2 Å². The van der Waals surface area contributed by atoms with Gasteiger partial charge in [0, 0.05) is 11.3 Å². The first-order valence-electron chi connectivity index (χ1n) is 6.74. The molecule has 1 heterocycles. The van der Waals surface area contributed by atoms with Gasteiger partial charge in [-0.25, -0.2) is 0 Å². The van der Waals surface area contributed by atoms with E-state index in [4.69, 9.17) is 0 Å². The van der Waals surface area contributed by atoms with Crippen molar-refractivity contribution in [3.05, 3.63) is 39.6 Å². The molecule has 1 heteroatoms. The lowest BCUT2D eigenvalue weighted by atomic mass is 9.75. The van der Waals surface area contributed by atoms with Gasteiger partial charge in [-0.3, -0.25) is 0 Å². The zero-order valence-corrected chi connectivity index (χ0v) is 11.1. The molecule has 1 radical (unpaired) electrons. The van der Waals surface area contributed by atoms with E-state index in [-0.39, 0.29) is 0 Å². The van der Waals surface area contributed by atoms with Gasteiger partial charge < -0.3 is 0 Å². The van der Waals surface area contributed by atoms with Gasteiger partial charge in [0.25, 0.3) is 0 Å². The van der Waals surface area contributed by atoms with Crippen molar-refractivity contribution in [3.63, 3.8) is 0 Å². The van der Waals surface area contributed by atoms with Gasteiger partial charge in [-0.15, -0.1) is 0 Å². The normalized spacial score (nSPS) is 29.5. The van der Waals surface area contributed by atoms with Crippen LogP contribution in [-0.2, 0) is 0 Å². The van der Waals surface area contributed by atoms with Gasteiger partial charge in [0.2, 0.25) is 0 Å². The van der Waals surface area contributed by atoms with Crippen LogP contribution in [0.25, 0.3) is 5.57 Å². The van der Waals surface area contributed by atoms with Crippen molar-refractivity contribution in [2.45, 2.75) is 39.0 Å². The summed E-state index contributed by atoms with van der Waals surface area (Å²) in [5, 5.41) is 4.46. The summed E-state index contributed by atoms with van der Waals surface area (Å²) in [6, 6.07) is 2.25. The average Bonchev–Trinajstić information content (AvgIpc) is 2.77. The molecule has 0 amide bonds. The van der Waals surface area contributed by atoms with Gasteiger partial charge in [0.15, 0.2) is 0 Å². The second-order valence-electron chi connectivity index (χ2n) is 5.68. The Bertz CT molecular complexity index is 510. The summed E-state index contributed by atoms with van der Waals surface area (Å²) < 4.78 is 0. The molecule has 0 aliphatic heterocycles. The Hall–Kier alpha value is -0.820. The first-order valence-corrected chi connectivity index (χ1v) is 7.69. The molecule has 1 atom stereocenters. The first kappa shape index (κ1) is 10.1. The largest absolute Gasteiger partial charge is 0.152 e. The van der Waals surface area contributed by atoms with Crippen molar-refractivity contribution in [2.24, 2.45) is 11.3 Å². The van der Waals surface area contributed by atoms with E-state index in [1.807, 2.05) is 0 Å². The van der Waals surface area contributed by atoms with Crippen LogP contribution in [0.3, 0.4) is 0 Å². The van der Waals surface area contributed by atoms with E-state index in [0.29, 0.717) is 11.3 Å². The fourth-order valence-electron chi connectivity index (χ4n) is 4.06. The van der Waals surface area contributed by atoms with Crippen LogP contribution in [0, 0.1) is 17.4 Å². The molecule has 4 rings (SSSR count). The van der Waals surface area contributed by atoms with E-state index in [0.717, 1.165) is 0 Å². The Labute approximate surface area is 107 Å². The standard InChI is InChI=1S/C16H17S/c1-11-9-13(12-5-8-17-10-12)15-14(11)16(15)6-3-2-4-7-16/h5,8,10-11H,2-4,6-7H2,1H3. The van der Waals surface area contributed by atoms with E-state index in [2.05, 4.69) is 29.8 Å². The molecule has 1 aromatic rings. The summed E-state index contributed by atoms with van der Waals surface area (Å²) in [5.41, 5.74) is 6.85. The van der Waals surface area contributed by atoms with Crippen LogP contribution < -0.4 is 0 Å². The Morgan fingerprint density at radius 3 is 2.82 bits per heavy atom. The highest BCUT2D eigenvalue weighted by molar-refractivity contribution is 7.08. The first-order chi connectivity index (χ1) is 8.33. The zero-order chi connectivity index (χ0) is 11.5. The molecule has 0 aromatic carbocycles. The molecule has 0 saturated heterocycles. The third-order valence-corrected chi connectivity index (χ3v) is 5.45. The number of fused-ring (bicyclic) bond motifs is 2. The van der Waals surface area contributed by atoms with Crippen LogP contribution in [0.4, 0.5) is 0 Å². The maximum Gasteiger partial charge on any atom is 0.0180 e. The SMILES string of the molecule is CC1[C]=C(c2ccsc2)C2=C1C21CCCCC1. The van der Waals surface area contributed by atoms with Crippen LogP contribution in [0.1, 0.15) is 44.6 Å². The molecular formula is C16H17S. The van der Waals surface area contributed by atoms with Crippen molar-refractivity contribution in [1.29, 1.82) is 0 Å². The lowest BCUT2D eigenvalue weighted by Gasteiger charge is -2.29. The van der Waals surface area contributed by atoms with Crippen LogP contribution in [-0.4, -0.2) is 0 Å². The Balaban J connectivity index is 1.72. The lowest BCUT2D eigenvalue weighted by Crippen LogP contribution is -2.17. The second kappa shape index (κ2) is 3.35. The molecule has 1 saturated carbocycles. The third-order valence-electron chi connectivity index (χ3n) is 4.76. The highest BCUT2D eigenvalue weighted by atomic mass is 32.1. The molecule has 3 aliphatic carbocycles. The molecule has 0 nitrogen and oxygen atoms in total. The minimum atomic E-state index is 0.542. The highest BCUT2D eigenvalue weighted by Gasteiger charge is 2.58. The molecule has 1 unspecified atom stereocenters. The van der Waals surface area contributed by atoms with Gasteiger partial charge >= 0.3 is 0 Å². The van der Waals surface area contributed by atoms with Crippen LogP contribution >= 0.6 is 11.3 Å². The fraction of sp³-hybridized carbons (Fsp3) is 0.500. The number of rotatable bonds is 1. The van der Waals surface area contributed by atoms with E-state index in [1.54, 1.807) is 22.5 Å². The summed E-state index contributed by atoms with van der Waals surface area (Å²) in [6.45, 7) is 2.33. The van der Waals surface area contributed by atoms with Crippen molar-refractivity contribution >= 4 is 16.9 Å². The maximum atomic E-state index is 3.68. The highest BCUT2D eigenvalue weighted by Crippen LogP contribution is 2.70. The van der Waals surface area contributed by atoms with E-state index < -0.39 is 0 Å². The smallest absolute Gasteiger partial charge is 0.0180 e. The minimum Gasteiger partial charge on any atom is -0.152 e. The van der Waals surface area contributed by atoms with Crippen LogP contribution in [0.2, 0.25) is 0 Å². The van der Waals surface area contributed by atoms with Crippen molar-refractivity contribution in [1.82, 2.24) is 0 Å². The van der Waals surface area contributed by atoms with Crippen LogP contribution in [0.5, 0.6) is 0 Å². The van der Waals surface area contributed by atoms with Crippen molar-refractivity contribution in [3.8, 4) is 0 Å². The molecule has 1 spiro atoms. The number of thiophene rings is 1. The Kier molecular flexibility index (Phi) is 2.00. The van der Waals surface area contributed by atoms with Crippen LogP contribution in [0.15, 0.2) is 28.0 Å². The molecule has 87 valence electrons. The second-order valence-corrected chi connectivity index (χ2v) is 6.46. The molecule has 0 bridgehead atoms. The molecule has 1 fully saturated rings. The molecule has 17 heavy (non-hydrogen) atoms. The maximum absolute atomic E-state index is 3.68. The quantitative estimate of drug-likeness (QED) is 0.659. The fourth-order valence-corrected chi connectivity index (χ4v) is 4.70. The zero-order valence-electron chi connectivity index (χ0n) is 10.3. The Morgan fingerprint density at radius 1 is 1.29 bits per heavy atom. The monoisotopic (exact) mass is 241 g/mol. The summed E-state index contributed by atoms with van der Waals surface area (Å²) >= 11 is 1.80. The number of hydrogen-bond donors (Lipinski definition) is 0. The van der Waals surface area contributed by atoms with Crippen molar-refractivity contribution in [2.75, 3.05) is 0 Å². The third kappa shape index (κ3) is 1.24. The topological polar surface area (TPSA) is 0 Å². The summed E-state index contributed by atoms with van der Waals surface area (Å²) in [6.07, 6.45) is 10.8. The van der Waals surface area contributed by atoms with Gasteiger partial charge in [0.1, 0.15) is 0 Å². The average molecular weight is 241 g/mol. The molecule has 1 aromatic heterocycles. The minimum absolute atomic E-state index is 0.542. The summed E-state index contributed by atoms with van der Waals surface area (Å²) in [7, 11) is 0. The van der Waals surface area contributed by atoms with Gasteiger partial charge in [-0.05, 0) is 58.0 Å². The number of allylic oxidation sites excluding steroid dienone is 4. The van der Waals surface area contributed by atoms with Gasteiger partial charge in [0.05, 0.1) is 0 Å². The lowest BCUT2D eigenvalue weighted by molar-refractivity contribution is 0.342. The van der Waals surface area contributed by atoms with Crippen molar-refractivity contribution < 1.29 is 0 Å². The predicted molar refractivity (Wildman–Crippen MR) is 72.7 cm³/mol. The number of hydrogen-bond acceptors (Lipinski definition) is 1. The predicted octanol–water partition coefficient (Wildman–Crippen LogP) is 4.85.